The smallest absolute Gasteiger partial charge is 0.248 e. The highest BCUT2D eigenvalue weighted by atomic mass is 35.5. The molecule has 1 aromatic heterocycles. The van der Waals surface area contributed by atoms with E-state index in [1.165, 1.54) is 24.5 Å². The van der Waals surface area contributed by atoms with E-state index in [0.717, 1.165) is 6.42 Å². The Morgan fingerprint density at radius 2 is 2.24 bits per heavy atom. The SMILES string of the molecule is BN(C)C/C=C/C(=O)Nc1cc2c(Nc3ccc(F)c(Cl)c3)ncnc2cc1OC1CCOC1. The molecule has 11 heteroatoms. The van der Waals surface area contributed by atoms with Crippen molar-refractivity contribution in [3.05, 3.63) is 59.7 Å². The van der Waals surface area contributed by atoms with Crippen LogP contribution in [-0.4, -0.2) is 61.6 Å². The van der Waals surface area contributed by atoms with E-state index in [4.69, 9.17) is 21.1 Å². The molecule has 1 aliphatic rings. The third kappa shape index (κ3) is 6.02. The van der Waals surface area contributed by atoms with Gasteiger partial charge in [0, 0.05) is 36.2 Å². The standard InChI is InChI=1S/C23H24BClFN5O3/c1-31(24)7-2-3-22(32)30-20-10-16-19(11-21(20)34-15-6-8-33-12-15)27-13-28-23(16)29-14-4-5-18(26)17(25)9-14/h2-5,9-11,13,15H,6-8,12,24H2,1H3,(H,30,32)(H,27,28,29)/b3-2+. The molecule has 1 unspecified atom stereocenters. The molecule has 34 heavy (non-hydrogen) atoms. The van der Waals surface area contributed by atoms with Crippen LogP contribution in [0.5, 0.6) is 5.75 Å². The predicted molar refractivity (Wildman–Crippen MR) is 133 cm³/mol. The molecule has 0 bridgehead atoms. The van der Waals surface area contributed by atoms with Crippen LogP contribution in [-0.2, 0) is 9.53 Å². The van der Waals surface area contributed by atoms with Gasteiger partial charge in [0.05, 0.1) is 29.4 Å². The zero-order valence-electron chi connectivity index (χ0n) is 18.8. The van der Waals surface area contributed by atoms with Crippen molar-refractivity contribution in [3.63, 3.8) is 0 Å². The van der Waals surface area contributed by atoms with Gasteiger partial charge in [-0.2, -0.15) is 0 Å². The summed E-state index contributed by atoms with van der Waals surface area (Å²) < 4.78 is 25.1. The molecule has 0 saturated carbocycles. The fourth-order valence-electron chi connectivity index (χ4n) is 3.42. The lowest BCUT2D eigenvalue weighted by atomic mass is 10.1. The van der Waals surface area contributed by atoms with Gasteiger partial charge in [-0.1, -0.05) is 17.7 Å². The molecule has 0 radical (unpaired) electrons. The Hall–Kier alpha value is -3.21. The summed E-state index contributed by atoms with van der Waals surface area (Å²) in [5.74, 6) is 0.170. The van der Waals surface area contributed by atoms with Gasteiger partial charge in [0.25, 0.3) is 0 Å². The molecule has 2 heterocycles. The van der Waals surface area contributed by atoms with Crippen LogP contribution in [0.3, 0.4) is 0 Å². The molecule has 1 amide bonds. The van der Waals surface area contributed by atoms with Gasteiger partial charge in [-0.25, -0.2) is 14.4 Å². The van der Waals surface area contributed by atoms with E-state index in [0.29, 0.717) is 53.6 Å². The molecule has 4 rings (SSSR count). The zero-order valence-corrected chi connectivity index (χ0v) is 19.6. The van der Waals surface area contributed by atoms with Gasteiger partial charge in [-0.3, -0.25) is 4.79 Å². The molecule has 1 saturated heterocycles. The van der Waals surface area contributed by atoms with Crippen LogP contribution in [0.15, 0.2) is 48.8 Å². The largest absolute Gasteiger partial charge is 0.486 e. The Kier molecular flexibility index (Phi) is 7.61. The minimum absolute atomic E-state index is 0.00436. The van der Waals surface area contributed by atoms with Crippen LogP contribution in [0.1, 0.15) is 6.42 Å². The van der Waals surface area contributed by atoms with Gasteiger partial charge in [0.15, 0.2) is 7.98 Å². The van der Waals surface area contributed by atoms with Gasteiger partial charge >= 0.3 is 0 Å². The zero-order chi connectivity index (χ0) is 24.1. The Morgan fingerprint density at radius 3 is 2.97 bits per heavy atom. The number of hydrogen-bond donors (Lipinski definition) is 2. The van der Waals surface area contributed by atoms with Crippen LogP contribution < -0.4 is 15.4 Å². The van der Waals surface area contributed by atoms with Gasteiger partial charge in [-0.15, -0.1) is 0 Å². The second kappa shape index (κ2) is 10.8. The van der Waals surface area contributed by atoms with Gasteiger partial charge in [0.2, 0.25) is 5.91 Å². The second-order valence-electron chi connectivity index (χ2n) is 8.10. The van der Waals surface area contributed by atoms with Crippen molar-refractivity contribution in [1.82, 2.24) is 14.8 Å². The van der Waals surface area contributed by atoms with Gasteiger partial charge in [0.1, 0.15) is 29.8 Å². The molecular formula is C23H24BClFN5O3. The van der Waals surface area contributed by atoms with E-state index < -0.39 is 5.82 Å². The molecule has 2 aromatic carbocycles. The van der Waals surface area contributed by atoms with E-state index in [1.54, 1.807) is 24.3 Å². The monoisotopic (exact) mass is 483 g/mol. The maximum absolute atomic E-state index is 13.6. The predicted octanol–water partition coefficient (Wildman–Crippen LogP) is 3.31. The number of rotatable bonds is 8. The number of anilines is 3. The number of carbonyl (C=O) groups is 1. The van der Waals surface area contributed by atoms with Crippen LogP contribution >= 0.6 is 11.6 Å². The number of halogens is 2. The number of benzene rings is 2. The Labute approximate surface area is 202 Å². The summed E-state index contributed by atoms with van der Waals surface area (Å²) in [5.41, 5.74) is 1.65. The van der Waals surface area contributed by atoms with Gasteiger partial charge in [-0.05, 0) is 31.3 Å². The van der Waals surface area contributed by atoms with E-state index >= 15 is 0 Å². The quantitative estimate of drug-likeness (QED) is 0.375. The van der Waals surface area contributed by atoms with Crippen LogP contribution in [0.2, 0.25) is 5.02 Å². The number of aromatic nitrogens is 2. The third-order valence-electron chi connectivity index (χ3n) is 5.10. The molecule has 0 aliphatic carbocycles. The number of nitrogens with one attached hydrogen (secondary N) is 2. The molecule has 8 nitrogen and oxygen atoms in total. The topological polar surface area (TPSA) is 88.6 Å². The first-order valence-corrected chi connectivity index (χ1v) is 11.1. The lowest BCUT2D eigenvalue weighted by molar-refractivity contribution is -0.111. The molecule has 1 aliphatic heterocycles. The fourth-order valence-corrected chi connectivity index (χ4v) is 3.60. The Bertz CT molecular complexity index is 1220. The Morgan fingerprint density at radius 1 is 1.38 bits per heavy atom. The number of likely N-dealkylation sites (N-methyl/N-ethyl adjacent to an activating group) is 1. The van der Waals surface area contributed by atoms with Crippen molar-refractivity contribution >= 4 is 53.6 Å². The third-order valence-corrected chi connectivity index (χ3v) is 5.39. The minimum Gasteiger partial charge on any atom is -0.486 e. The first-order valence-electron chi connectivity index (χ1n) is 10.8. The highest BCUT2D eigenvalue weighted by Crippen LogP contribution is 2.35. The van der Waals surface area contributed by atoms with Crippen LogP contribution in [0.25, 0.3) is 10.9 Å². The number of fused-ring (bicyclic) bond motifs is 1. The maximum Gasteiger partial charge on any atom is 0.248 e. The second-order valence-corrected chi connectivity index (χ2v) is 8.51. The summed E-state index contributed by atoms with van der Waals surface area (Å²) in [4.78, 5) is 23.2. The average Bonchev–Trinajstić information content (AvgIpc) is 3.30. The first kappa shape index (κ1) is 23.9. The van der Waals surface area contributed by atoms with Crippen LogP contribution in [0, 0.1) is 5.82 Å². The molecular weight excluding hydrogens is 460 g/mol. The minimum atomic E-state index is -0.509. The molecule has 3 aromatic rings. The van der Waals surface area contributed by atoms with Crippen molar-refractivity contribution in [2.75, 3.05) is 37.4 Å². The summed E-state index contributed by atoms with van der Waals surface area (Å²) in [5, 5.41) is 6.67. The van der Waals surface area contributed by atoms with Crippen molar-refractivity contribution < 1.29 is 18.7 Å². The maximum atomic E-state index is 13.6. The lowest BCUT2D eigenvalue weighted by Gasteiger charge is -2.17. The van der Waals surface area contributed by atoms with Gasteiger partial charge < -0.3 is 24.9 Å². The number of amides is 1. The lowest BCUT2D eigenvalue weighted by Crippen LogP contribution is -2.18. The summed E-state index contributed by atoms with van der Waals surface area (Å²) in [6.07, 6.45) is 5.32. The van der Waals surface area contributed by atoms with Crippen molar-refractivity contribution in [2.45, 2.75) is 12.5 Å². The highest BCUT2D eigenvalue weighted by molar-refractivity contribution is 6.31. The van der Waals surface area contributed by atoms with E-state index in [1.807, 2.05) is 19.8 Å². The molecule has 1 fully saturated rings. The Balaban J connectivity index is 1.68. The fraction of sp³-hybridized carbons (Fsp3) is 0.261. The van der Waals surface area contributed by atoms with Crippen molar-refractivity contribution in [3.8, 4) is 5.75 Å². The molecule has 2 N–H and O–H groups in total. The first-order chi connectivity index (χ1) is 16.4. The van der Waals surface area contributed by atoms with E-state index in [-0.39, 0.29) is 17.0 Å². The van der Waals surface area contributed by atoms with E-state index in [2.05, 4.69) is 20.6 Å². The summed E-state index contributed by atoms with van der Waals surface area (Å²) in [6, 6.07) is 7.82. The number of carbonyl (C=O) groups excluding carboxylic acids is 1. The van der Waals surface area contributed by atoms with Crippen molar-refractivity contribution in [2.24, 2.45) is 0 Å². The highest BCUT2D eigenvalue weighted by Gasteiger charge is 2.20. The summed E-state index contributed by atoms with van der Waals surface area (Å²) in [6.45, 7) is 1.75. The molecule has 0 spiro atoms. The summed E-state index contributed by atoms with van der Waals surface area (Å²) in [7, 11) is 3.84. The number of hydrogen-bond acceptors (Lipinski definition) is 7. The number of nitrogens with zero attached hydrogens (tertiary/aromatic N) is 3. The normalized spacial score (nSPS) is 15.8. The molecule has 1 atom stereocenters. The van der Waals surface area contributed by atoms with Crippen molar-refractivity contribution in [1.29, 1.82) is 0 Å². The average molecular weight is 484 g/mol. The number of ether oxygens (including phenoxy) is 2. The van der Waals surface area contributed by atoms with E-state index in [9.17, 15) is 9.18 Å². The molecule has 176 valence electrons. The summed E-state index contributed by atoms with van der Waals surface area (Å²) >= 11 is 5.91. The van der Waals surface area contributed by atoms with Crippen LogP contribution in [0.4, 0.5) is 21.6 Å².